The van der Waals surface area contributed by atoms with E-state index in [1.54, 1.807) is 6.92 Å². The summed E-state index contributed by atoms with van der Waals surface area (Å²) in [7, 11) is 0. The number of aliphatic hydroxyl groups excluding tert-OH is 1. The Morgan fingerprint density at radius 2 is 0.676 bits per heavy atom. The summed E-state index contributed by atoms with van der Waals surface area (Å²) in [5, 5.41) is 8.77. The Morgan fingerprint density at radius 3 is 0.892 bits per heavy atom. The Balaban J connectivity index is 3.05. The maximum absolute atomic E-state index is 11.3. The van der Waals surface area contributed by atoms with Crippen LogP contribution in [0.1, 0.15) is 187 Å². The monoisotopic (exact) mass is 523 g/mol. The van der Waals surface area contributed by atoms with Gasteiger partial charge in [-0.1, -0.05) is 174 Å². The van der Waals surface area contributed by atoms with Crippen molar-refractivity contribution in [2.24, 2.45) is 0 Å². The van der Waals surface area contributed by atoms with Gasteiger partial charge in [-0.05, 0) is 19.8 Å². The van der Waals surface area contributed by atoms with E-state index in [1.165, 1.54) is 161 Å². The first-order chi connectivity index (χ1) is 18.2. The highest BCUT2D eigenvalue weighted by Gasteiger charge is 2.02. The summed E-state index contributed by atoms with van der Waals surface area (Å²) >= 11 is 0. The molecule has 3 nitrogen and oxygen atoms in total. The smallest absolute Gasteiger partial charge is 0.333 e. The first kappa shape index (κ1) is 36.2. The van der Waals surface area contributed by atoms with Crippen LogP contribution >= 0.6 is 0 Å². The molecule has 0 aliphatic rings. The topological polar surface area (TPSA) is 46.5 Å². The van der Waals surface area contributed by atoms with Gasteiger partial charge in [0.05, 0.1) is 6.61 Å². The predicted octanol–water partition coefficient (Wildman–Crippen LogP) is 11.0. The zero-order valence-electron chi connectivity index (χ0n) is 25.2. The molecule has 0 heterocycles. The fourth-order valence-corrected chi connectivity index (χ4v) is 5.10. The quantitative estimate of drug-likeness (QED) is 0.0559. The minimum absolute atomic E-state index is 0.253. The molecule has 0 saturated carbocycles. The van der Waals surface area contributed by atoms with E-state index < -0.39 is 0 Å². The molecule has 0 radical (unpaired) electrons. The van der Waals surface area contributed by atoms with Crippen LogP contribution in [0.2, 0.25) is 0 Å². The molecule has 0 atom stereocenters. The molecule has 220 valence electrons. The molecule has 0 aliphatic heterocycles. The summed E-state index contributed by atoms with van der Waals surface area (Å²) < 4.78 is 5.12. The standard InChI is InChI=1S/C34H66O3/c1-33(2)34(36)37-32-30-28-26-24-22-20-18-16-14-12-10-8-6-4-3-5-7-9-11-13-15-17-19-21-23-25-27-29-31-35/h35H,1,3-32H2,2H3. The zero-order valence-corrected chi connectivity index (χ0v) is 25.2. The molecule has 37 heavy (non-hydrogen) atoms. The molecule has 3 heteroatoms. The molecule has 0 fully saturated rings. The molecule has 0 aromatic rings. The summed E-state index contributed by atoms with van der Waals surface area (Å²) in [5.74, 6) is -0.253. The molecule has 0 aromatic heterocycles. The molecule has 0 bridgehead atoms. The van der Waals surface area contributed by atoms with Crippen molar-refractivity contribution in [1.82, 2.24) is 0 Å². The largest absolute Gasteiger partial charge is 0.462 e. The van der Waals surface area contributed by atoms with E-state index in [1.807, 2.05) is 0 Å². The van der Waals surface area contributed by atoms with Crippen LogP contribution in [-0.4, -0.2) is 24.3 Å². The van der Waals surface area contributed by atoms with Crippen LogP contribution in [0.4, 0.5) is 0 Å². The lowest BCUT2D eigenvalue weighted by Crippen LogP contribution is -2.05. The average molecular weight is 523 g/mol. The van der Waals surface area contributed by atoms with Gasteiger partial charge < -0.3 is 9.84 Å². The highest BCUT2D eigenvalue weighted by molar-refractivity contribution is 5.86. The molecule has 0 rings (SSSR count). The number of aliphatic hydroxyl groups is 1. The molecule has 1 N–H and O–H groups in total. The number of ether oxygens (including phenoxy) is 1. The highest BCUT2D eigenvalue weighted by Crippen LogP contribution is 2.16. The Bertz CT molecular complexity index is 474. The van der Waals surface area contributed by atoms with E-state index in [2.05, 4.69) is 6.58 Å². The van der Waals surface area contributed by atoms with E-state index in [-0.39, 0.29) is 5.97 Å². The zero-order chi connectivity index (χ0) is 27.1. The van der Waals surface area contributed by atoms with Crippen molar-refractivity contribution in [3.63, 3.8) is 0 Å². The van der Waals surface area contributed by atoms with Gasteiger partial charge in [0.2, 0.25) is 0 Å². The summed E-state index contributed by atoms with van der Waals surface area (Å²) in [6.07, 6.45) is 38.2. The van der Waals surface area contributed by atoms with Gasteiger partial charge in [-0.25, -0.2) is 4.79 Å². The van der Waals surface area contributed by atoms with Gasteiger partial charge in [0.15, 0.2) is 0 Å². The first-order valence-electron chi connectivity index (χ1n) is 16.6. The van der Waals surface area contributed by atoms with Gasteiger partial charge in [0.1, 0.15) is 0 Å². The molecule has 0 saturated heterocycles. The highest BCUT2D eigenvalue weighted by atomic mass is 16.5. The maximum atomic E-state index is 11.3. The van der Waals surface area contributed by atoms with E-state index in [0.717, 1.165) is 19.3 Å². The summed E-state index contributed by atoms with van der Waals surface area (Å²) in [6, 6.07) is 0. The van der Waals surface area contributed by atoms with Crippen molar-refractivity contribution in [3.05, 3.63) is 12.2 Å². The van der Waals surface area contributed by atoms with E-state index in [0.29, 0.717) is 18.8 Å². The van der Waals surface area contributed by atoms with Gasteiger partial charge in [-0.2, -0.15) is 0 Å². The lowest BCUT2D eigenvalue weighted by molar-refractivity contribution is -0.139. The molecule has 0 aromatic carbocycles. The number of hydrogen-bond acceptors (Lipinski definition) is 3. The van der Waals surface area contributed by atoms with Crippen molar-refractivity contribution in [3.8, 4) is 0 Å². The van der Waals surface area contributed by atoms with Crippen molar-refractivity contribution in [2.75, 3.05) is 13.2 Å². The number of carbonyl (C=O) groups is 1. The second-order valence-corrected chi connectivity index (χ2v) is 11.5. The third kappa shape index (κ3) is 31.3. The van der Waals surface area contributed by atoms with Crippen molar-refractivity contribution in [1.29, 1.82) is 0 Å². The summed E-state index contributed by atoms with van der Waals surface area (Å²) in [5.41, 5.74) is 0.492. The predicted molar refractivity (Wildman–Crippen MR) is 162 cm³/mol. The van der Waals surface area contributed by atoms with Crippen molar-refractivity contribution in [2.45, 2.75) is 187 Å². The summed E-state index contributed by atoms with van der Waals surface area (Å²) in [4.78, 5) is 11.3. The molecule has 0 spiro atoms. The SMILES string of the molecule is C=C(C)C(=O)OCCCCCCCCCCCCCCCCCCCCCCCCCCCCCCO. The van der Waals surface area contributed by atoms with Gasteiger partial charge >= 0.3 is 5.97 Å². The van der Waals surface area contributed by atoms with Gasteiger partial charge in [-0.15, -0.1) is 0 Å². The normalized spacial score (nSPS) is 11.2. The van der Waals surface area contributed by atoms with Gasteiger partial charge in [-0.3, -0.25) is 0 Å². The number of esters is 1. The number of carbonyl (C=O) groups excluding carboxylic acids is 1. The molecular weight excluding hydrogens is 456 g/mol. The van der Waals surface area contributed by atoms with E-state index >= 15 is 0 Å². The van der Waals surface area contributed by atoms with Crippen LogP contribution in [0, 0.1) is 0 Å². The third-order valence-corrected chi connectivity index (χ3v) is 7.63. The lowest BCUT2D eigenvalue weighted by atomic mass is 10.0. The summed E-state index contributed by atoms with van der Waals surface area (Å²) in [6.45, 7) is 6.20. The van der Waals surface area contributed by atoms with Crippen LogP contribution in [0.3, 0.4) is 0 Å². The maximum Gasteiger partial charge on any atom is 0.333 e. The second kappa shape index (κ2) is 31.4. The van der Waals surface area contributed by atoms with Crippen molar-refractivity contribution >= 4 is 5.97 Å². The minimum atomic E-state index is -0.253. The number of hydrogen-bond donors (Lipinski definition) is 1. The molecule has 0 amide bonds. The molecule has 0 aliphatic carbocycles. The van der Waals surface area contributed by atoms with E-state index in [9.17, 15) is 4.79 Å². The van der Waals surface area contributed by atoms with Crippen LogP contribution < -0.4 is 0 Å². The molecular formula is C34H66O3. The van der Waals surface area contributed by atoms with Gasteiger partial charge in [0.25, 0.3) is 0 Å². The average Bonchev–Trinajstić information content (AvgIpc) is 2.89. The Morgan fingerprint density at radius 1 is 0.459 bits per heavy atom. The van der Waals surface area contributed by atoms with Crippen LogP contribution in [-0.2, 0) is 9.53 Å². The van der Waals surface area contributed by atoms with E-state index in [4.69, 9.17) is 9.84 Å². The lowest BCUT2D eigenvalue weighted by Gasteiger charge is -2.05. The van der Waals surface area contributed by atoms with Crippen molar-refractivity contribution < 1.29 is 14.6 Å². The third-order valence-electron chi connectivity index (χ3n) is 7.63. The second-order valence-electron chi connectivity index (χ2n) is 11.5. The van der Waals surface area contributed by atoms with Crippen LogP contribution in [0.5, 0.6) is 0 Å². The Labute approximate surface area is 232 Å². The molecule has 0 unspecified atom stereocenters. The fraction of sp³-hybridized carbons (Fsp3) is 0.912. The fourth-order valence-electron chi connectivity index (χ4n) is 5.10. The van der Waals surface area contributed by atoms with Gasteiger partial charge in [0, 0.05) is 12.2 Å². The Kier molecular flexibility index (Phi) is 30.7. The van der Waals surface area contributed by atoms with Crippen LogP contribution in [0.25, 0.3) is 0 Å². The minimum Gasteiger partial charge on any atom is -0.462 e. The number of rotatable bonds is 31. The number of unbranched alkanes of at least 4 members (excludes halogenated alkanes) is 27. The van der Waals surface area contributed by atoms with Crippen LogP contribution in [0.15, 0.2) is 12.2 Å². The first-order valence-corrected chi connectivity index (χ1v) is 16.6. The Hall–Kier alpha value is -0.830.